The summed E-state index contributed by atoms with van der Waals surface area (Å²) >= 11 is 0. The maximum absolute atomic E-state index is 12.7. The molecule has 0 bridgehead atoms. The molecule has 25 heavy (non-hydrogen) atoms. The monoisotopic (exact) mass is 353 g/mol. The fourth-order valence-corrected chi connectivity index (χ4v) is 2.79. The molecule has 1 heterocycles. The summed E-state index contributed by atoms with van der Waals surface area (Å²) in [4.78, 5) is 14.9. The lowest BCUT2D eigenvalue weighted by Crippen LogP contribution is -2.38. The Morgan fingerprint density at radius 3 is 2.52 bits per heavy atom. The molecule has 1 atom stereocenters. The second-order valence-corrected chi connectivity index (χ2v) is 5.83. The minimum absolute atomic E-state index is 0.285. The Bertz CT molecular complexity index is 520. The van der Waals surface area contributed by atoms with E-state index in [4.69, 9.17) is 23.7 Å². The van der Waals surface area contributed by atoms with Gasteiger partial charge in [0.25, 0.3) is 0 Å². The molecule has 7 nitrogen and oxygen atoms in total. The van der Waals surface area contributed by atoms with Gasteiger partial charge in [-0.15, -0.1) is 0 Å². The van der Waals surface area contributed by atoms with Crippen molar-refractivity contribution in [3.63, 3.8) is 0 Å². The van der Waals surface area contributed by atoms with Gasteiger partial charge in [-0.2, -0.15) is 0 Å². The first kappa shape index (κ1) is 19.5. The van der Waals surface area contributed by atoms with Crippen LogP contribution in [-0.2, 0) is 14.3 Å². The quantitative estimate of drug-likeness (QED) is 0.519. The Morgan fingerprint density at radius 2 is 1.88 bits per heavy atom. The number of methoxy groups -OCH3 is 3. The second-order valence-electron chi connectivity index (χ2n) is 5.83. The summed E-state index contributed by atoms with van der Waals surface area (Å²) in [5, 5.41) is 0. The van der Waals surface area contributed by atoms with Crippen molar-refractivity contribution >= 4 is 5.97 Å². The molecule has 2 rings (SSSR count). The van der Waals surface area contributed by atoms with E-state index in [2.05, 4.69) is 4.90 Å². The fourth-order valence-electron chi connectivity index (χ4n) is 2.79. The van der Waals surface area contributed by atoms with Crippen molar-refractivity contribution in [1.29, 1.82) is 0 Å². The van der Waals surface area contributed by atoms with Crippen LogP contribution in [-0.4, -0.2) is 71.7 Å². The van der Waals surface area contributed by atoms with Crippen LogP contribution in [0.5, 0.6) is 17.2 Å². The first-order chi connectivity index (χ1) is 12.2. The molecular weight excluding hydrogens is 326 g/mol. The fraction of sp³-hybridized carbons (Fsp3) is 0.611. The summed E-state index contributed by atoms with van der Waals surface area (Å²) in [6.07, 6.45) is 0.953. The minimum atomic E-state index is -0.405. The van der Waals surface area contributed by atoms with Crippen LogP contribution in [0.25, 0.3) is 0 Å². The molecule has 0 aliphatic carbocycles. The number of rotatable bonds is 8. The van der Waals surface area contributed by atoms with Crippen molar-refractivity contribution in [2.45, 2.75) is 6.42 Å². The van der Waals surface area contributed by atoms with Crippen molar-refractivity contribution in [2.75, 3.05) is 60.8 Å². The first-order valence-electron chi connectivity index (χ1n) is 8.41. The highest BCUT2D eigenvalue weighted by atomic mass is 16.6. The third kappa shape index (κ3) is 5.59. The van der Waals surface area contributed by atoms with Gasteiger partial charge in [0, 0.05) is 33.4 Å². The largest absolute Gasteiger partial charge is 0.493 e. The summed E-state index contributed by atoms with van der Waals surface area (Å²) in [6, 6.07) is 5.23. The lowest BCUT2D eigenvalue weighted by atomic mass is 10.1. The number of benzene rings is 1. The van der Waals surface area contributed by atoms with E-state index in [1.807, 2.05) is 0 Å². The zero-order valence-electron chi connectivity index (χ0n) is 15.2. The summed E-state index contributed by atoms with van der Waals surface area (Å²) in [5.41, 5.74) is 0. The Kier molecular flexibility index (Phi) is 7.97. The van der Waals surface area contributed by atoms with Gasteiger partial charge in [-0.3, -0.25) is 4.79 Å². The zero-order valence-corrected chi connectivity index (χ0v) is 15.2. The normalized spacial score (nSPS) is 16.8. The molecule has 1 aromatic rings. The molecule has 0 aromatic heterocycles. The van der Waals surface area contributed by atoms with Gasteiger partial charge in [0.2, 0.25) is 5.75 Å². The molecule has 0 amide bonds. The van der Waals surface area contributed by atoms with Gasteiger partial charge in [-0.1, -0.05) is 6.07 Å². The van der Waals surface area contributed by atoms with Crippen LogP contribution in [0.1, 0.15) is 6.42 Å². The number of esters is 1. The highest BCUT2D eigenvalue weighted by molar-refractivity contribution is 5.77. The summed E-state index contributed by atoms with van der Waals surface area (Å²) in [5.74, 6) is 0.421. The molecule has 0 unspecified atom stereocenters. The van der Waals surface area contributed by atoms with Gasteiger partial charge in [-0.05, 0) is 18.6 Å². The zero-order chi connectivity index (χ0) is 18.1. The van der Waals surface area contributed by atoms with Gasteiger partial charge in [0.05, 0.1) is 33.4 Å². The van der Waals surface area contributed by atoms with E-state index in [0.717, 1.165) is 26.1 Å². The molecule has 0 saturated carbocycles. The van der Waals surface area contributed by atoms with Crippen LogP contribution in [0.3, 0.4) is 0 Å². The third-order valence-corrected chi connectivity index (χ3v) is 4.08. The molecule has 1 saturated heterocycles. The van der Waals surface area contributed by atoms with Gasteiger partial charge in [0.15, 0.2) is 11.5 Å². The van der Waals surface area contributed by atoms with Crippen molar-refractivity contribution in [3.8, 4) is 17.2 Å². The van der Waals surface area contributed by atoms with E-state index >= 15 is 0 Å². The number of carbonyl (C=O) groups excluding carboxylic acids is 1. The van der Waals surface area contributed by atoms with Crippen molar-refractivity contribution < 1.29 is 28.5 Å². The minimum Gasteiger partial charge on any atom is -0.493 e. The Labute approximate surface area is 148 Å². The van der Waals surface area contributed by atoms with Crippen LogP contribution < -0.4 is 14.2 Å². The predicted molar refractivity (Wildman–Crippen MR) is 92.4 cm³/mol. The van der Waals surface area contributed by atoms with Crippen LogP contribution in [0, 0.1) is 5.92 Å². The standard InChI is InChI=1S/C18H27NO6/c1-21-13-14(12-19-8-5-10-24-11-9-19)18(20)25-17-15(22-2)6-4-7-16(17)23-3/h4,6-7,14H,5,8-13H2,1-3H3/t14-/m1/s1. The van der Waals surface area contributed by atoms with Crippen LogP contribution >= 0.6 is 0 Å². The number of hydrogen-bond acceptors (Lipinski definition) is 7. The molecular formula is C18H27NO6. The highest BCUT2D eigenvalue weighted by Gasteiger charge is 2.26. The van der Waals surface area contributed by atoms with Crippen LogP contribution in [0.15, 0.2) is 18.2 Å². The van der Waals surface area contributed by atoms with Crippen LogP contribution in [0.2, 0.25) is 0 Å². The molecule has 1 aliphatic rings. The number of nitrogens with zero attached hydrogens (tertiary/aromatic N) is 1. The van der Waals surface area contributed by atoms with Gasteiger partial charge in [0.1, 0.15) is 0 Å². The number of carbonyl (C=O) groups is 1. The highest BCUT2D eigenvalue weighted by Crippen LogP contribution is 2.37. The lowest BCUT2D eigenvalue weighted by Gasteiger charge is -2.24. The molecule has 0 N–H and O–H groups in total. The molecule has 1 fully saturated rings. The number of hydrogen-bond donors (Lipinski definition) is 0. The predicted octanol–water partition coefficient (Wildman–Crippen LogP) is 1.59. The van der Waals surface area contributed by atoms with Crippen LogP contribution in [0.4, 0.5) is 0 Å². The van der Waals surface area contributed by atoms with E-state index in [0.29, 0.717) is 24.7 Å². The topological polar surface area (TPSA) is 66.5 Å². The van der Waals surface area contributed by atoms with Crippen molar-refractivity contribution in [1.82, 2.24) is 4.90 Å². The van der Waals surface area contributed by atoms with E-state index in [-0.39, 0.29) is 18.3 Å². The smallest absolute Gasteiger partial charge is 0.318 e. The maximum atomic E-state index is 12.7. The van der Waals surface area contributed by atoms with Crippen molar-refractivity contribution in [3.05, 3.63) is 18.2 Å². The van der Waals surface area contributed by atoms with Gasteiger partial charge in [-0.25, -0.2) is 0 Å². The second kappa shape index (κ2) is 10.2. The van der Waals surface area contributed by atoms with E-state index in [9.17, 15) is 4.79 Å². The van der Waals surface area contributed by atoms with Crippen molar-refractivity contribution in [2.24, 2.45) is 5.92 Å². The average molecular weight is 353 g/mol. The molecule has 140 valence electrons. The molecule has 1 aromatic carbocycles. The summed E-state index contributed by atoms with van der Waals surface area (Å²) in [6.45, 7) is 3.97. The lowest BCUT2D eigenvalue weighted by molar-refractivity contribution is -0.141. The third-order valence-electron chi connectivity index (χ3n) is 4.08. The summed E-state index contributed by atoms with van der Waals surface area (Å²) in [7, 11) is 4.63. The average Bonchev–Trinajstić information content (AvgIpc) is 2.90. The number of para-hydroxylation sites is 1. The number of ether oxygens (including phenoxy) is 5. The molecule has 7 heteroatoms. The summed E-state index contributed by atoms with van der Waals surface area (Å²) < 4.78 is 26.9. The van der Waals surface area contributed by atoms with E-state index < -0.39 is 5.92 Å². The SMILES string of the molecule is COC[C@@H](CN1CCCOCC1)C(=O)Oc1c(OC)cccc1OC. The molecule has 0 spiro atoms. The molecule has 1 aliphatic heterocycles. The van der Waals surface area contributed by atoms with E-state index in [1.165, 1.54) is 14.2 Å². The first-order valence-corrected chi connectivity index (χ1v) is 8.41. The molecule has 0 radical (unpaired) electrons. The Hall–Kier alpha value is -1.83. The Balaban J connectivity index is 2.09. The van der Waals surface area contributed by atoms with Gasteiger partial charge >= 0.3 is 5.97 Å². The van der Waals surface area contributed by atoms with E-state index in [1.54, 1.807) is 25.3 Å². The Morgan fingerprint density at radius 1 is 1.16 bits per heavy atom. The maximum Gasteiger partial charge on any atom is 0.318 e. The van der Waals surface area contributed by atoms with Gasteiger partial charge < -0.3 is 28.6 Å².